The van der Waals surface area contributed by atoms with Crippen molar-refractivity contribution >= 4 is 11.7 Å². The minimum Gasteiger partial charge on any atom is -0.352 e. The van der Waals surface area contributed by atoms with Crippen LogP contribution in [0, 0.1) is 0 Å². The number of hydrogen-bond donors (Lipinski definition) is 2. The van der Waals surface area contributed by atoms with Gasteiger partial charge in [-0.2, -0.15) is 0 Å². The van der Waals surface area contributed by atoms with Crippen LogP contribution in [0.2, 0.25) is 0 Å². The van der Waals surface area contributed by atoms with Crippen molar-refractivity contribution in [2.24, 2.45) is 5.73 Å². The molecule has 0 aliphatic heterocycles. The maximum Gasteiger partial charge on any atom is 0.220 e. The molecule has 0 saturated carbocycles. The molecule has 114 valence electrons. The Bertz CT molecular complexity index is 526. The van der Waals surface area contributed by atoms with E-state index < -0.39 is 0 Å². The molecule has 0 radical (unpaired) electrons. The van der Waals surface area contributed by atoms with E-state index in [0.29, 0.717) is 6.54 Å². The van der Waals surface area contributed by atoms with E-state index in [9.17, 15) is 9.59 Å². The topological polar surface area (TPSA) is 72.2 Å². The number of fused-ring (bicyclic) bond motifs is 1. The lowest BCUT2D eigenvalue weighted by Gasteiger charge is -2.16. The highest BCUT2D eigenvalue weighted by atomic mass is 16.2. The fourth-order valence-electron chi connectivity index (χ4n) is 2.68. The third-order valence-electron chi connectivity index (χ3n) is 4.01. The Labute approximate surface area is 126 Å². The van der Waals surface area contributed by atoms with E-state index >= 15 is 0 Å². The average Bonchev–Trinajstić information content (AvgIpc) is 2.51. The van der Waals surface area contributed by atoms with Gasteiger partial charge in [0.1, 0.15) is 0 Å². The molecule has 1 aliphatic carbocycles. The molecule has 2 rings (SSSR count). The maximum absolute atomic E-state index is 12.2. The van der Waals surface area contributed by atoms with Gasteiger partial charge in [0.05, 0.1) is 0 Å². The lowest BCUT2D eigenvalue weighted by atomic mass is 9.89. The molecule has 1 aromatic carbocycles. The van der Waals surface area contributed by atoms with Gasteiger partial charge in [-0.05, 0) is 49.8 Å². The van der Waals surface area contributed by atoms with Crippen LogP contribution in [0.4, 0.5) is 0 Å². The van der Waals surface area contributed by atoms with E-state index in [-0.39, 0.29) is 30.6 Å². The molecule has 1 aliphatic rings. The summed E-state index contributed by atoms with van der Waals surface area (Å²) >= 11 is 0. The number of nitrogens with two attached hydrogens (primary N) is 1. The Kier molecular flexibility index (Phi) is 5.51. The van der Waals surface area contributed by atoms with E-state index in [1.807, 2.05) is 19.1 Å². The molecule has 0 spiro atoms. The first-order valence-electron chi connectivity index (χ1n) is 7.74. The number of benzene rings is 1. The third-order valence-corrected chi connectivity index (χ3v) is 4.01. The fraction of sp³-hybridized carbons (Fsp3) is 0.529. The number of hydrogen-bond acceptors (Lipinski definition) is 3. The standard InChI is InChI=1S/C17H24N2O2/c1-12(11-18)19-17(21)9-8-16(20)15-7-6-13-4-2-3-5-14(13)10-15/h6-7,10,12H,2-5,8-9,11,18H2,1H3,(H,19,21)/t12-/m0/s1. The highest BCUT2D eigenvalue weighted by Crippen LogP contribution is 2.22. The number of aryl methyl sites for hydroxylation is 2. The summed E-state index contributed by atoms with van der Waals surface area (Å²) in [5.41, 5.74) is 8.85. The SMILES string of the molecule is C[C@@H](CN)NC(=O)CCC(=O)c1ccc2c(c1)CCCC2. The summed E-state index contributed by atoms with van der Waals surface area (Å²) in [7, 11) is 0. The minimum absolute atomic E-state index is 0.0407. The predicted molar refractivity (Wildman–Crippen MR) is 83.3 cm³/mol. The van der Waals surface area contributed by atoms with Gasteiger partial charge in [-0.15, -0.1) is 0 Å². The van der Waals surface area contributed by atoms with Crippen molar-refractivity contribution in [1.29, 1.82) is 0 Å². The Morgan fingerprint density at radius 1 is 1.19 bits per heavy atom. The molecule has 1 atom stereocenters. The molecule has 4 heteroatoms. The first kappa shape index (κ1) is 15.7. The molecule has 1 aromatic rings. The molecule has 0 saturated heterocycles. The monoisotopic (exact) mass is 288 g/mol. The quantitative estimate of drug-likeness (QED) is 0.786. The number of ketones is 1. The van der Waals surface area contributed by atoms with E-state index in [1.165, 1.54) is 24.0 Å². The molecule has 1 amide bonds. The summed E-state index contributed by atoms with van der Waals surface area (Å²) in [4.78, 5) is 23.8. The van der Waals surface area contributed by atoms with E-state index in [1.54, 1.807) is 0 Å². The maximum atomic E-state index is 12.2. The summed E-state index contributed by atoms with van der Waals surface area (Å²) in [6.45, 7) is 2.26. The predicted octanol–water partition coefficient (Wildman–Crippen LogP) is 1.99. The zero-order valence-corrected chi connectivity index (χ0v) is 12.7. The molecule has 0 heterocycles. The number of carbonyl (C=O) groups is 2. The second-order valence-electron chi connectivity index (χ2n) is 5.82. The Balaban J connectivity index is 1.90. The highest BCUT2D eigenvalue weighted by Gasteiger charge is 2.14. The Morgan fingerprint density at radius 3 is 2.62 bits per heavy atom. The molecule has 4 nitrogen and oxygen atoms in total. The van der Waals surface area contributed by atoms with Crippen LogP contribution in [-0.4, -0.2) is 24.3 Å². The van der Waals surface area contributed by atoms with Gasteiger partial charge in [-0.25, -0.2) is 0 Å². The molecule has 0 bridgehead atoms. The van der Waals surface area contributed by atoms with Crippen LogP contribution in [0.3, 0.4) is 0 Å². The van der Waals surface area contributed by atoms with Crippen LogP contribution in [0.25, 0.3) is 0 Å². The van der Waals surface area contributed by atoms with Crippen molar-refractivity contribution in [2.75, 3.05) is 6.54 Å². The van der Waals surface area contributed by atoms with Gasteiger partial charge in [0.25, 0.3) is 0 Å². The van der Waals surface area contributed by atoms with Crippen molar-refractivity contribution in [3.05, 3.63) is 34.9 Å². The summed E-state index contributed by atoms with van der Waals surface area (Å²) in [6, 6.07) is 5.93. The largest absolute Gasteiger partial charge is 0.352 e. The van der Waals surface area contributed by atoms with Crippen LogP contribution < -0.4 is 11.1 Å². The third kappa shape index (κ3) is 4.39. The molecular weight excluding hydrogens is 264 g/mol. The van der Waals surface area contributed by atoms with Crippen LogP contribution in [0.5, 0.6) is 0 Å². The molecule has 0 fully saturated rings. The van der Waals surface area contributed by atoms with Gasteiger partial charge in [0.15, 0.2) is 5.78 Å². The molecule has 21 heavy (non-hydrogen) atoms. The first-order valence-corrected chi connectivity index (χ1v) is 7.74. The van der Waals surface area contributed by atoms with Crippen molar-refractivity contribution in [2.45, 2.75) is 51.5 Å². The molecule has 0 unspecified atom stereocenters. The Hall–Kier alpha value is -1.68. The summed E-state index contributed by atoms with van der Waals surface area (Å²) < 4.78 is 0. The highest BCUT2D eigenvalue weighted by molar-refractivity contribution is 5.98. The minimum atomic E-state index is -0.112. The number of nitrogens with one attached hydrogen (secondary N) is 1. The van der Waals surface area contributed by atoms with Gasteiger partial charge in [0, 0.05) is 31.0 Å². The van der Waals surface area contributed by atoms with E-state index in [0.717, 1.165) is 18.4 Å². The van der Waals surface area contributed by atoms with Gasteiger partial charge in [-0.1, -0.05) is 12.1 Å². The summed E-state index contributed by atoms with van der Waals surface area (Å²) in [6.07, 6.45) is 5.08. The van der Waals surface area contributed by atoms with Crippen LogP contribution in [-0.2, 0) is 17.6 Å². The summed E-state index contributed by atoms with van der Waals surface area (Å²) in [5.74, 6) is -0.0711. The van der Waals surface area contributed by atoms with E-state index in [4.69, 9.17) is 5.73 Å². The van der Waals surface area contributed by atoms with Gasteiger partial charge < -0.3 is 11.1 Å². The van der Waals surface area contributed by atoms with Gasteiger partial charge >= 0.3 is 0 Å². The second-order valence-corrected chi connectivity index (χ2v) is 5.82. The average molecular weight is 288 g/mol. The number of Topliss-reactive ketones (excluding diaryl/α,β-unsaturated/α-hetero) is 1. The second kappa shape index (κ2) is 7.36. The molecular formula is C17H24N2O2. The number of amides is 1. The lowest BCUT2D eigenvalue weighted by molar-refractivity contribution is -0.121. The van der Waals surface area contributed by atoms with Crippen LogP contribution >= 0.6 is 0 Å². The number of rotatable bonds is 6. The van der Waals surface area contributed by atoms with Gasteiger partial charge in [-0.3, -0.25) is 9.59 Å². The smallest absolute Gasteiger partial charge is 0.220 e. The van der Waals surface area contributed by atoms with Crippen LogP contribution in [0.15, 0.2) is 18.2 Å². The normalized spacial score (nSPS) is 15.1. The lowest BCUT2D eigenvalue weighted by Crippen LogP contribution is -2.37. The Morgan fingerprint density at radius 2 is 1.90 bits per heavy atom. The van der Waals surface area contributed by atoms with Crippen LogP contribution in [0.1, 0.15) is 54.1 Å². The summed E-state index contributed by atoms with van der Waals surface area (Å²) in [5, 5.41) is 2.77. The van der Waals surface area contributed by atoms with Crippen molar-refractivity contribution in [3.8, 4) is 0 Å². The van der Waals surface area contributed by atoms with Gasteiger partial charge in [0.2, 0.25) is 5.91 Å². The van der Waals surface area contributed by atoms with Crippen molar-refractivity contribution in [3.63, 3.8) is 0 Å². The molecule has 0 aromatic heterocycles. The van der Waals surface area contributed by atoms with Crippen molar-refractivity contribution < 1.29 is 9.59 Å². The molecule has 3 N–H and O–H groups in total. The first-order chi connectivity index (χ1) is 10.1. The van der Waals surface area contributed by atoms with Crippen molar-refractivity contribution in [1.82, 2.24) is 5.32 Å². The zero-order chi connectivity index (χ0) is 15.2. The van der Waals surface area contributed by atoms with E-state index in [2.05, 4.69) is 11.4 Å². The number of carbonyl (C=O) groups excluding carboxylic acids is 2. The fourth-order valence-corrected chi connectivity index (χ4v) is 2.68. The zero-order valence-electron chi connectivity index (χ0n) is 12.7.